The Balaban J connectivity index is 1.55. The summed E-state index contributed by atoms with van der Waals surface area (Å²) >= 11 is 0. The first-order chi connectivity index (χ1) is 15.3. The van der Waals surface area contributed by atoms with Crippen molar-refractivity contribution >= 4 is 17.3 Å². The molecule has 0 radical (unpaired) electrons. The monoisotopic (exact) mass is 410 g/mol. The smallest absolute Gasteiger partial charge is 0.237 e. The maximum absolute atomic E-state index is 14.1. The van der Waals surface area contributed by atoms with E-state index < -0.39 is 5.41 Å². The molecule has 0 bridgehead atoms. The molecule has 1 amide bonds. The highest BCUT2D eigenvalue weighted by atomic mass is 16.5. The van der Waals surface area contributed by atoms with Crippen molar-refractivity contribution in [2.75, 3.05) is 18.1 Å². The lowest BCUT2D eigenvalue weighted by molar-refractivity contribution is -0.139. The van der Waals surface area contributed by atoms with Crippen molar-refractivity contribution in [3.05, 3.63) is 108 Å². The third-order valence-electron chi connectivity index (χ3n) is 6.36. The summed E-state index contributed by atoms with van der Waals surface area (Å²) in [6.45, 7) is 1.75. The fourth-order valence-corrected chi connectivity index (χ4v) is 4.67. The number of nitrogens with zero attached hydrogens (tertiary/aromatic N) is 2. The summed E-state index contributed by atoms with van der Waals surface area (Å²) in [5.74, 6) is 0.142. The summed E-state index contributed by atoms with van der Waals surface area (Å²) in [6.07, 6.45) is 5.35. The van der Waals surface area contributed by atoms with Gasteiger partial charge in [0.05, 0.1) is 17.6 Å². The lowest BCUT2D eigenvalue weighted by atomic mass is 9.73. The summed E-state index contributed by atoms with van der Waals surface area (Å²) in [5.41, 5.74) is 3.82. The van der Waals surface area contributed by atoms with Gasteiger partial charge < -0.3 is 14.5 Å². The van der Waals surface area contributed by atoms with Gasteiger partial charge in [-0.05, 0) is 42.2 Å². The van der Waals surface area contributed by atoms with Gasteiger partial charge in [-0.3, -0.25) is 4.79 Å². The number of fused-ring (bicyclic) bond motifs is 1. The van der Waals surface area contributed by atoms with Crippen LogP contribution in [0.15, 0.2) is 97.3 Å². The van der Waals surface area contributed by atoms with Crippen LogP contribution in [0.2, 0.25) is 0 Å². The molecule has 0 unspecified atom stereocenters. The molecule has 0 saturated carbocycles. The summed E-state index contributed by atoms with van der Waals surface area (Å²) in [5, 5.41) is 0. The van der Waals surface area contributed by atoms with Crippen LogP contribution in [0, 0.1) is 0 Å². The average molecular weight is 411 g/mol. The molecule has 1 fully saturated rings. The van der Waals surface area contributed by atoms with Crippen molar-refractivity contribution in [3.63, 3.8) is 0 Å². The fourth-order valence-electron chi connectivity index (χ4n) is 4.67. The predicted octanol–water partition coefficient (Wildman–Crippen LogP) is 5.39. The predicted molar refractivity (Wildman–Crippen MR) is 123 cm³/mol. The molecule has 2 aliphatic heterocycles. The molecule has 4 heteroatoms. The Bertz CT molecular complexity index is 1070. The summed E-state index contributed by atoms with van der Waals surface area (Å²) in [6, 6.07) is 28.8. The standard InChI is InChI=1S/C27H26N2O2/c30-26(27(15-19-31-20-16-27)23-10-3-1-4-11-23)28-17-18-29(24-12-5-2-6-13-24)25-14-8-7-9-22(25)21-28/h1-14,17-18H,15-16,19-21H2. The molecule has 5 rings (SSSR count). The molecular formula is C27H26N2O2. The van der Waals surface area contributed by atoms with Crippen LogP contribution in [0.1, 0.15) is 24.0 Å². The molecule has 0 aromatic heterocycles. The molecular weight excluding hydrogens is 384 g/mol. The first-order valence-electron chi connectivity index (χ1n) is 10.8. The number of hydrogen-bond donors (Lipinski definition) is 0. The van der Waals surface area contributed by atoms with E-state index in [0.29, 0.717) is 32.6 Å². The lowest BCUT2D eigenvalue weighted by Gasteiger charge is -2.39. The number of rotatable bonds is 3. The first-order valence-corrected chi connectivity index (χ1v) is 10.8. The third kappa shape index (κ3) is 3.64. The van der Waals surface area contributed by atoms with Crippen LogP contribution in [0.25, 0.3) is 0 Å². The number of hydrogen-bond acceptors (Lipinski definition) is 3. The Morgan fingerprint density at radius 1 is 0.774 bits per heavy atom. The molecule has 2 aliphatic rings. The third-order valence-corrected chi connectivity index (χ3v) is 6.36. The highest BCUT2D eigenvalue weighted by Gasteiger charge is 2.44. The number of ether oxygens (including phenoxy) is 1. The molecule has 2 heterocycles. The van der Waals surface area contributed by atoms with Gasteiger partial charge in [-0.15, -0.1) is 0 Å². The molecule has 0 aliphatic carbocycles. The zero-order valence-corrected chi connectivity index (χ0v) is 17.5. The second-order valence-electron chi connectivity index (χ2n) is 8.13. The minimum absolute atomic E-state index is 0.142. The van der Waals surface area contributed by atoms with Crippen LogP contribution in [-0.4, -0.2) is 24.0 Å². The molecule has 0 N–H and O–H groups in total. The van der Waals surface area contributed by atoms with Crippen LogP contribution in [0.5, 0.6) is 0 Å². The highest BCUT2D eigenvalue weighted by Crippen LogP contribution is 2.39. The van der Waals surface area contributed by atoms with E-state index in [1.165, 1.54) is 0 Å². The van der Waals surface area contributed by atoms with Crippen LogP contribution < -0.4 is 4.90 Å². The molecule has 0 spiro atoms. The average Bonchev–Trinajstić information content (AvgIpc) is 3.05. The zero-order chi connectivity index (χ0) is 21.1. The van der Waals surface area contributed by atoms with E-state index >= 15 is 0 Å². The van der Waals surface area contributed by atoms with Gasteiger partial charge in [0.1, 0.15) is 0 Å². The number of carbonyl (C=O) groups excluding carboxylic acids is 1. The molecule has 31 heavy (non-hydrogen) atoms. The number of benzene rings is 3. The van der Waals surface area contributed by atoms with E-state index in [-0.39, 0.29) is 5.91 Å². The summed E-state index contributed by atoms with van der Waals surface area (Å²) in [4.78, 5) is 18.1. The Kier molecular flexibility index (Phi) is 5.31. The van der Waals surface area contributed by atoms with Gasteiger partial charge in [0.2, 0.25) is 5.91 Å². The maximum Gasteiger partial charge on any atom is 0.237 e. The molecule has 156 valence electrons. The van der Waals surface area contributed by atoms with Crippen LogP contribution in [0.4, 0.5) is 11.4 Å². The van der Waals surface area contributed by atoms with Crippen LogP contribution in [-0.2, 0) is 21.5 Å². The van der Waals surface area contributed by atoms with Gasteiger partial charge in [0.15, 0.2) is 0 Å². The largest absolute Gasteiger partial charge is 0.381 e. The summed E-state index contributed by atoms with van der Waals surface area (Å²) < 4.78 is 5.64. The number of amides is 1. The topological polar surface area (TPSA) is 32.8 Å². The molecule has 3 aromatic rings. The Morgan fingerprint density at radius 3 is 2.16 bits per heavy atom. The van der Waals surface area contributed by atoms with Crippen molar-refractivity contribution in [1.29, 1.82) is 0 Å². The SMILES string of the molecule is O=C(N1C=CN(c2ccccc2)c2ccccc2C1)C1(c2ccccc2)CCOCC1. The van der Waals surface area contributed by atoms with Gasteiger partial charge >= 0.3 is 0 Å². The minimum Gasteiger partial charge on any atom is -0.381 e. The zero-order valence-electron chi connectivity index (χ0n) is 17.5. The van der Waals surface area contributed by atoms with Crippen molar-refractivity contribution in [1.82, 2.24) is 4.90 Å². The fraction of sp³-hybridized carbons (Fsp3) is 0.222. The molecule has 3 aromatic carbocycles. The Labute approximate surface area is 183 Å². The van der Waals surface area contributed by atoms with Gasteiger partial charge in [0.25, 0.3) is 0 Å². The molecule has 0 atom stereocenters. The summed E-state index contributed by atoms with van der Waals surface area (Å²) in [7, 11) is 0. The molecule has 1 saturated heterocycles. The van der Waals surface area contributed by atoms with E-state index in [1.807, 2.05) is 65.8 Å². The van der Waals surface area contributed by atoms with Gasteiger partial charge in [0, 0.05) is 31.3 Å². The second-order valence-corrected chi connectivity index (χ2v) is 8.13. The van der Waals surface area contributed by atoms with Crippen molar-refractivity contribution in [2.24, 2.45) is 0 Å². The second kappa shape index (κ2) is 8.40. The van der Waals surface area contributed by atoms with Gasteiger partial charge in [-0.2, -0.15) is 0 Å². The Hall–Kier alpha value is -3.37. The quantitative estimate of drug-likeness (QED) is 0.581. The van der Waals surface area contributed by atoms with E-state index in [2.05, 4.69) is 41.3 Å². The van der Waals surface area contributed by atoms with E-state index in [4.69, 9.17) is 4.74 Å². The Morgan fingerprint density at radius 2 is 1.42 bits per heavy atom. The normalized spacial score (nSPS) is 17.7. The lowest BCUT2D eigenvalue weighted by Crippen LogP contribution is -2.48. The molecule has 4 nitrogen and oxygen atoms in total. The van der Waals surface area contributed by atoms with Crippen LogP contribution in [0.3, 0.4) is 0 Å². The van der Waals surface area contributed by atoms with E-state index in [1.54, 1.807) is 0 Å². The van der Waals surface area contributed by atoms with Crippen molar-refractivity contribution in [3.8, 4) is 0 Å². The van der Waals surface area contributed by atoms with Gasteiger partial charge in [-0.1, -0.05) is 66.7 Å². The van der Waals surface area contributed by atoms with Gasteiger partial charge in [-0.25, -0.2) is 0 Å². The van der Waals surface area contributed by atoms with E-state index in [9.17, 15) is 4.79 Å². The maximum atomic E-state index is 14.1. The number of para-hydroxylation sites is 2. The van der Waals surface area contributed by atoms with Crippen molar-refractivity contribution < 1.29 is 9.53 Å². The van der Waals surface area contributed by atoms with Crippen molar-refractivity contribution in [2.45, 2.75) is 24.8 Å². The number of carbonyl (C=O) groups is 1. The number of anilines is 2. The van der Waals surface area contributed by atoms with Crippen LogP contribution >= 0.6 is 0 Å². The first kappa shape index (κ1) is 19.6. The highest BCUT2D eigenvalue weighted by molar-refractivity contribution is 5.90. The minimum atomic E-state index is -0.555. The van der Waals surface area contributed by atoms with E-state index in [0.717, 1.165) is 22.5 Å².